The van der Waals surface area contributed by atoms with Crippen LogP contribution in [-0.2, 0) is 0 Å². The predicted octanol–water partition coefficient (Wildman–Crippen LogP) is 3.64. The average molecular weight is 342 g/mol. The van der Waals surface area contributed by atoms with Crippen LogP contribution < -0.4 is 11.1 Å². The molecule has 0 saturated carbocycles. The van der Waals surface area contributed by atoms with Crippen LogP contribution in [0.1, 0.15) is 10.4 Å². The van der Waals surface area contributed by atoms with Crippen molar-refractivity contribution in [2.75, 3.05) is 11.1 Å². The summed E-state index contributed by atoms with van der Waals surface area (Å²) in [6, 6.07) is 9.34. The smallest absolute Gasteiger partial charge is 0.255 e. The number of anilines is 2. The zero-order valence-corrected chi connectivity index (χ0v) is 12.0. The first kappa shape index (κ1) is 13.7. The molecule has 2 rings (SSSR count). The molecule has 0 bridgehead atoms. The number of benzene rings is 2. The second-order valence-corrected chi connectivity index (χ2v) is 5.17. The molecule has 0 fully saturated rings. The van der Waals surface area contributed by atoms with Crippen LogP contribution in [0, 0.1) is 0 Å². The molecule has 4 nitrogen and oxygen atoms in total. The van der Waals surface area contributed by atoms with Gasteiger partial charge in [0.1, 0.15) is 5.75 Å². The molecule has 1 amide bonds. The van der Waals surface area contributed by atoms with E-state index in [1.807, 2.05) is 0 Å². The van der Waals surface area contributed by atoms with E-state index in [4.69, 9.17) is 17.3 Å². The van der Waals surface area contributed by atoms with Crippen LogP contribution in [0.15, 0.2) is 40.9 Å². The molecule has 4 N–H and O–H groups in total. The van der Waals surface area contributed by atoms with Crippen molar-refractivity contribution >= 4 is 44.8 Å². The molecule has 19 heavy (non-hydrogen) atoms. The average Bonchev–Trinajstić information content (AvgIpc) is 2.37. The quantitative estimate of drug-likeness (QED) is 0.576. The van der Waals surface area contributed by atoms with Crippen LogP contribution in [0.5, 0.6) is 5.75 Å². The SMILES string of the molecule is Nc1ccc(C(=O)Nc2cc(Br)ccc2O)cc1Cl. The summed E-state index contributed by atoms with van der Waals surface area (Å²) in [5, 5.41) is 12.6. The van der Waals surface area contributed by atoms with E-state index >= 15 is 0 Å². The minimum atomic E-state index is -0.379. The standard InChI is InChI=1S/C13H10BrClN2O2/c14-8-2-4-12(18)11(6-8)17-13(19)7-1-3-10(16)9(15)5-7/h1-6,18H,16H2,(H,17,19). The third-order valence-corrected chi connectivity index (χ3v) is 3.29. The molecular weight excluding hydrogens is 332 g/mol. The Morgan fingerprint density at radius 2 is 2.00 bits per heavy atom. The Balaban J connectivity index is 2.25. The van der Waals surface area contributed by atoms with Gasteiger partial charge in [0, 0.05) is 10.0 Å². The summed E-state index contributed by atoms with van der Waals surface area (Å²) in [5.41, 5.74) is 6.65. The van der Waals surface area contributed by atoms with Gasteiger partial charge in [0.25, 0.3) is 5.91 Å². The van der Waals surface area contributed by atoms with E-state index in [9.17, 15) is 9.90 Å². The highest BCUT2D eigenvalue weighted by molar-refractivity contribution is 9.10. The molecule has 0 radical (unpaired) electrons. The number of rotatable bonds is 2. The van der Waals surface area contributed by atoms with Gasteiger partial charge in [-0.25, -0.2) is 0 Å². The normalized spacial score (nSPS) is 10.2. The molecule has 6 heteroatoms. The lowest BCUT2D eigenvalue weighted by atomic mass is 10.2. The minimum Gasteiger partial charge on any atom is -0.506 e. The number of hydrogen-bond acceptors (Lipinski definition) is 3. The van der Waals surface area contributed by atoms with Gasteiger partial charge in [0.05, 0.1) is 16.4 Å². The first-order valence-electron chi connectivity index (χ1n) is 5.32. The molecule has 0 aliphatic rings. The first-order valence-corrected chi connectivity index (χ1v) is 6.49. The highest BCUT2D eigenvalue weighted by Crippen LogP contribution is 2.27. The van der Waals surface area contributed by atoms with Crippen molar-refractivity contribution in [3.63, 3.8) is 0 Å². The van der Waals surface area contributed by atoms with Crippen LogP contribution in [0.3, 0.4) is 0 Å². The first-order chi connectivity index (χ1) is 8.97. The lowest BCUT2D eigenvalue weighted by Gasteiger charge is -2.08. The van der Waals surface area contributed by atoms with Crippen molar-refractivity contribution in [2.45, 2.75) is 0 Å². The Hall–Kier alpha value is -1.72. The van der Waals surface area contributed by atoms with E-state index in [1.165, 1.54) is 12.1 Å². The minimum absolute atomic E-state index is 0.0157. The van der Waals surface area contributed by atoms with Gasteiger partial charge in [0.2, 0.25) is 0 Å². The van der Waals surface area contributed by atoms with Crippen molar-refractivity contribution in [2.24, 2.45) is 0 Å². The number of nitrogens with one attached hydrogen (secondary N) is 1. The van der Waals surface area contributed by atoms with Crippen LogP contribution in [0.4, 0.5) is 11.4 Å². The third kappa shape index (κ3) is 3.19. The number of carbonyl (C=O) groups is 1. The fourth-order valence-corrected chi connectivity index (χ4v) is 2.01. The van der Waals surface area contributed by atoms with Crippen molar-refractivity contribution in [3.05, 3.63) is 51.5 Å². The zero-order valence-electron chi connectivity index (χ0n) is 9.65. The summed E-state index contributed by atoms with van der Waals surface area (Å²) < 4.78 is 0.746. The highest BCUT2D eigenvalue weighted by Gasteiger charge is 2.10. The Bertz CT molecular complexity index is 647. The fraction of sp³-hybridized carbons (Fsp3) is 0. The lowest BCUT2D eigenvalue weighted by molar-refractivity contribution is 0.102. The second-order valence-electron chi connectivity index (χ2n) is 3.85. The van der Waals surface area contributed by atoms with Crippen molar-refractivity contribution in [1.29, 1.82) is 0 Å². The van der Waals surface area contributed by atoms with E-state index in [-0.39, 0.29) is 11.7 Å². The predicted molar refractivity (Wildman–Crippen MR) is 79.6 cm³/mol. The molecule has 2 aromatic carbocycles. The highest BCUT2D eigenvalue weighted by atomic mass is 79.9. The summed E-state index contributed by atoms with van der Waals surface area (Å²) in [4.78, 5) is 12.0. The van der Waals surface area contributed by atoms with Gasteiger partial charge in [-0.3, -0.25) is 4.79 Å². The molecule has 0 spiro atoms. The van der Waals surface area contributed by atoms with Crippen LogP contribution in [0.2, 0.25) is 5.02 Å². The second kappa shape index (κ2) is 5.50. The van der Waals surface area contributed by atoms with Gasteiger partial charge < -0.3 is 16.2 Å². The largest absolute Gasteiger partial charge is 0.506 e. The molecule has 0 heterocycles. The summed E-state index contributed by atoms with van der Waals surface area (Å²) in [7, 11) is 0. The van der Waals surface area contributed by atoms with E-state index < -0.39 is 0 Å². The Labute approximate surface area is 123 Å². The summed E-state index contributed by atoms with van der Waals surface area (Å²) >= 11 is 9.12. The van der Waals surface area contributed by atoms with Gasteiger partial charge in [-0.15, -0.1) is 0 Å². The molecule has 0 saturated heterocycles. The topological polar surface area (TPSA) is 75.4 Å². The van der Waals surface area contributed by atoms with Crippen LogP contribution in [-0.4, -0.2) is 11.0 Å². The summed E-state index contributed by atoms with van der Waals surface area (Å²) in [6.45, 7) is 0. The number of phenols is 1. The number of carbonyl (C=O) groups excluding carboxylic acids is 1. The monoisotopic (exact) mass is 340 g/mol. The number of halogens is 2. The van der Waals surface area contributed by atoms with Crippen molar-refractivity contribution in [1.82, 2.24) is 0 Å². The van der Waals surface area contributed by atoms with E-state index in [0.29, 0.717) is 22.0 Å². The Morgan fingerprint density at radius 1 is 1.26 bits per heavy atom. The number of nitrogen functional groups attached to an aromatic ring is 1. The number of phenolic OH excluding ortho intramolecular Hbond substituents is 1. The number of amides is 1. The number of hydrogen-bond donors (Lipinski definition) is 3. The van der Waals surface area contributed by atoms with Gasteiger partial charge in [-0.2, -0.15) is 0 Å². The molecule has 2 aromatic rings. The van der Waals surface area contributed by atoms with Crippen LogP contribution in [0.25, 0.3) is 0 Å². The van der Waals surface area contributed by atoms with Crippen molar-refractivity contribution < 1.29 is 9.90 Å². The maximum absolute atomic E-state index is 12.0. The Morgan fingerprint density at radius 3 is 2.68 bits per heavy atom. The molecule has 0 aliphatic carbocycles. The van der Waals surface area contributed by atoms with E-state index in [2.05, 4.69) is 21.2 Å². The maximum Gasteiger partial charge on any atom is 0.255 e. The number of aromatic hydroxyl groups is 1. The van der Waals surface area contributed by atoms with Gasteiger partial charge in [-0.1, -0.05) is 27.5 Å². The summed E-state index contributed by atoms with van der Waals surface area (Å²) in [5.74, 6) is -0.395. The molecule has 0 aromatic heterocycles. The summed E-state index contributed by atoms with van der Waals surface area (Å²) in [6.07, 6.45) is 0. The van der Waals surface area contributed by atoms with Gasteiger partial charge >= 0.3 is 0 Å². The van der Waals surface area contributed by atoms with Crippen LogP contribution >= 0.6 is 27.5 Å². The van der Waals surface area contributed by atoms with Gasteiger partial charge in [0.15, 0.2) is 0 Å². The zero-order chi connectivity index (χ0) is 14.0. The Kier molecular flexibility index (Phi) is 3.97. The van der Waals surface area contributed by atoms with Crippen molar-refractivity contribution in [3.8, 4) is 5.75 Å². The van der Waals surface area contributed by atoms with Gasteiger partial charge in [-0.05, 0) is 36.4 Å². The fourth-order valence-electron chi connectivity index (χ4n) is 1.47. The van der Waals surface area contributed by atoms with E-state index in [1.54, 1.807) is 24.3 Å². The molecule has 98 valence electrons. The number of nitrogens with two attached hydrogens (primary N) is 1. The van der Waals surface area contributed by atoms with E-state index in [0.717, 1.165) is 4.47 Å². The molecular formula is C13H10BrClN2O2. The lowest BCUT2D eigenvalue weighted by Crippen LogP contribution is -2.12. The third-order valence-electron chi connectivity index (χ3n) is 2.47. The molecule has 0 unspecified atom stereocenters. The maximum atomic E-state index is 12.0. The molecule has 0 aliphatic heterocycles. The molecule has 0 atom stereocenters.